The molecule has 6 fully saturated rings. The topological polar surface area (TPSA) is 0 Å². The van der Waals surface area contributed by atoms with Crippen molar-refractivity contribution in [1.82, 2.24) is 0 Å². The molecular formula is C67H128F12. The summed E-state index contributed by atoms with van der Waals surface area (Å²) in [6.45, 7) is 58.3. The molecule has 480 valence electrons. The maximum absolute atomic E-state index is 13.0. The molecule has 79 heavy (non-hydrogen) atoms. The first-order chi connectivity index (χ1) is 34.9. The summed E-state index contributed by atoms with van der Waals surface area (Å²) in [5.41, 5.74) is -3.86. The quantitative estimate of drug-likeness (QED) is 0.247. The van der Waals surface area contributed by atoms with Crippen LogP contribution in [0.25, 0.3) is 0 Å². The second-order valence-electron chi connectivity index (χ2n) is 32.4. The lowest BCUT2D eigenvalue weighted by molar-refractivity contribution is -0.354. The average molecular weight is 1160 g/mol. The van der Waals surface area contributed by atoms with Crippen molar-refractivity contribution in [2.45, 2.75) is 346 Å². The smallest absolute Gasteiger partial charge is 0.170 e. The summed E-state index contributed by atoms with van der Waals surface area (Å²) in [5.74, 6) is 4.31. The van der Waals surface area contributed by atoms with Crippen molar-refractivity contribution in [1.29, 1.82) is 0 Å². The van der Waals surface area contributed by atoms with Crippen LogP contribution >= 0.6 is 0 Å². The minimum absolute atomic E-state index is 0.0149. The predicted octanol–water partition coefficient (Wildman–Crippen LogP) is 26.9. The molecule has 1 atom stereocenters. The zero-order valence-corrected chi connectivity index (χ0v) is 56.1. The van der Waals surface area contributed by atoms with Crippen LogP contribution in [0, 0.1) is 84.2 Å². The fraction of sp³-hybridized carbons (Fsp3) is 1.00. The van der Waals surface area contributed by atoms with Gasteiger partial charge in [0.1, 0.15) is 0 Å². The Balaban J connectivity index is -0.000000876. The fourth-order valence-corrected chi connectivity index (χ4v) is 10.9. The average Bonchev–Trinajstić information content (AvgIpc) is 3.24. The second kappa shape index (κ2) is 32.6. The van der Waals surface area contributed by atoms with Crippen molar-refractivity contribution in [3.63, 3.8) is 0 Å². The largest absolute Gasteiger partial charge is 0.403 e. The Kier molecular flexibility index (Phi) is 34.0. The summed E-state index contributed by atoms with van der Waals surface area (Å²) < 4.78 is 153. The fourth-order valence-electron chi connectivity index (χ4n) is 10.9. The van der Waals surface area contributed by atoms with E-state index < -0.39 is 61.2 Å². The molecule has 0 saturated heterocycles. The van der Waals surface area contributed by atoms with E-state index >= 15 is 0 Å². The summed E-state index contributed by atoms with van der Waals surface area (Å²) >= 11 is 0. The Bertz CT molecular complexity index is 1500. The summed E-state index contributed by atoms with van der Waals surface area (Å²) in [5, 5.41) is 0. The van der Waals surface area contributed by atoms with Gasteiger partial charge in [-0.3, -0.25) is 0 Å². The molecule has 0 radical (unpaired) electrons. The van der Waals surface area contributed by atoms with Crippen molar-refractivity contribution in [2.24, 2.45) is 84.2 Å². The predicted molar refractivity (Wildman–Crippen MR) is 316 cm³/mol. The van der Waals surface area contributed by atoms with Crippen molar-refractivity contribution in [2.75, 3.05) is 0 Å². The Morgan fingerprint density at radius 3 is 0.873 bits per heavy atom. The molecule has 0 heterocycles. The van der Waals surface area contributed by atoms with Crippen molar-refractivity contribution in [3.05, 3.63) is 0 Å². The first-order valence-corrected chi connectivity index (χ1v) is 31.2. The number of fused-ring (bicyclic) bond motifs is 3. The lowest BCUT2D eigenvalue weighted by atomic mass is 9.57. The molecule has 6 rings (SSSR count). The molecule has 6 saturated carbocycles. The first kappa shape index (κ1) is 82.4. The molecule has 0 aromatic rings. The van der Waals surface area contributed by atoms with Gasteiger partial charge in [-0.15, -0.1) is 0 Å². The molecular weight excluding hydrogens is 1030 g/mol. The minimum atomic E-state index is -5.20. The molecule has 2 bridgehead atoms. The van der Waals surface area contributed by atoms with Crippen LogP contribution in [0.3, 0.4) is 0 Å². The third-order valence-corrected chi connectivity index (χ3v) is 18.9. The van der Waals surface area contributed by atoms with Gasteiger partial charge in [0.2, 0.25) is 0 Å². The van der Waals surface area contributed by atoms with Gasteiger partial charge in [0.25, 0.3) is 0 Å². The molecule has 0 unspecified atom stereocenters. The Morgan fingerprint density at radius 1 is 0.418 bits per heavy atom. The molecule has 0 aromatic carbocycles. The molecule has 12 heteroatoms. The lowest BCUT2D eigenvalue weighted by Gasteiger charge is -2.49. The third kappa shape index (κ3) is 31.2. The molecule has 6 aliphatic carbocycles. The van der Waals surface area contributed by atoms with E-state index in [-0.39, 0.29) is 37.0 Å². The van der Waals surface area contributed by atoms with Gasteiger partial charge < -0.3 is 0 Å². The van der Waals surface area contributed by atoms with Crippen LogP contribution in [0.1, 0.15) is 321 Å². The van der Waals surface area contributed by atoms with E-state index in [1.54, 1.807) is 6.92 Å². The first-order valence-electron chi connectivity index (χ1n) is 31.2. The van der Waals surface area contributed by atoms with Crippen molar-refractivity contribution < 1.29 is 52.7 Å². The molecule has 0 aliphatic heterocycles. The number of hydrogen-bond donors (Lipinski definition) is 0. The van der Waals surface area contributed by atoms with E-state index in [1.165, 1.54) is 64.2 Å². The Labute approximate surface area is 481 Å². The van der Waals surface area contributed by atoms with Gasteiger partial charge >= 0.3 is 24.7 Å². The monoisotopic (exact) mass is 1160 g/mol. The summed E-state index contributed by atoms with van der Waals surface area (Å²) in [6.07, 6.45) is -6.39. The molecule has 6 aliphatic rings. The van der Waals surface area contributed by atoms with Crippen LogP contribution < -0.4 is 0 Å². The summed E-state index contributed by atoms with van der Waals surface area (Å²) in [7, 11) is 0. The van der Waals surface area contributed by atoms with E-state index in [0.29, 0.717) is 33.0 Å². The number of halogens is 12. The van der Waals surface area contributed by atoms with E-state index in [4.69, 9.17) is 0 Å². The molecule has 0 N–H and O–H groups in total. The van der Waals surface area contributed by atoms with Gasteiger partial charge in [-0.25, -0.2) is 0 Å². The van der Waals surface area contributed by atoms with Crippen LogP contribution in [0.15, 0.2) is 0 Å². The Morgan fingerprint density at radius 2 is 0.709 bits per heavy atom. The standard InChI is InChI=1S/C14H20F6.C10H18.C9H12F6.C9H20.2C7H16.C6H14.C5H12/c1-10-2-4-11(5-3-10)6-8-12(9-7-11,13(15,16)17)14(18,19)20;1-8-7-9-3-5-10(8,2)6-4-9;1-6-2-4-7(5-3-6,8(10,11)12)9(13,14)15;1-6-8(7-2)9(3,4)5;1-6(2)7(3,4)5;1-5-6-7(2,3)4;1-5-6(2,3)4;1-5(2,3)4/h10H,2-9H2,1H3;8-9H,3-7H2,1-2H3;6H,2-5H2,1H3;8H,6-7H2,1-5H3;6H,1-5H3;5-6H2,1-4H3;5H2,1-4H3;1-4H3/t;8-,9?,10?;;;;;;/m.0....../s1. The van der Waals surface area contributed by atoms with Crippen molar-refractivity contribution >= 4 is 0 Å². The number of hydrogen-bond acceptors (Lipinski definition) is 0. The Hall–Kier alpha value is -0.840. The highest BCUT2D eigenvalue weighted by Crippen LogP contribution is 2.64. The van der Waals surface area contributed by atoms with E-state index in [0.717, 1.165) is 54.8 Å². The maximum atomic E-state index is 13.0. The van der Waals surface area contributed by atoms with Crippen LogP contribution in [0.5, 0.6) is 0 Å². The van der Waals surface area contributed by atoms with E-state index in [1.807, 2.05) is 0 Å². The molecule has 0 nitrogen and oxygen atoms in total. The summed E-state index contributed by atoms with van der Waals surface area (Å²) in [4.78, 5) is 0. The number of alkyl halides is 12. The maximum Gasteiger partial charge on any atom is 0.403 e. The van der Waals surface area contributed by atoms with Crippen LogP contribution in [0.4, 0.5) is 52.7 Å². The van der Waals surface area contributed by atoms with Gasteiger partial charge in [0, 0.05) is 0 Å². The molecule has 0 aromatic heterocycles. The van der Waals surface area contributed by atoms with Gasteiger partial charge in [-0.1, -0.05) is 219 Å². The minimum Gasteiger partial charge on any atom is -0.170 e. The SMILES string of the molecule is CC(C)(C)C.CC(C)C(C)(C)C.CC1CCC(C(F)(F)F)(C(F)(F)F)CC1.CC1CCC2(CC1)CCC(C(F)(F)F)(C(F)(F)F)CC2.CCC(C)(C)C.CCC(CC)C(C)(C)C.CCCC(C)(C)C.C[C@H]1CC2CCC1(C)CC2. The summed E-state index contributed by atoms with van der Waals surface area (Å²) in [6, 6.07) is 0. The van der Waals surface area contributed by atoms with Gasteiger partial charge in [-0.05, 0) is 176 Å². The normalized spacial score (nSPS) is 23.7. The van der Waals surface area contributed by atoms with Crippen molar-refractivity contribution in [3.8, 4) is 0 Å². The lowest BCUT2D eigenvalue weighted by Crippen LogP contribution is -2.53. The van der Waals surface area contributed by atoms with Gasteiger partial charge in [0.05, 0.1) is 0 Å². The van der Waals surface area contributed by atoms with Gasteiger partial charge in [0.15, 0.2) is 10.8 Å². The second-order valence-corrected chi connectivity index (χ2v) is 32.4. The highest BCUT2D eigenvalue weighted by Gasteiger charge is 2.72. The van der Waals surface area contributed by atoms with Crippen LogP contribution in [-0.2, 0) is 0 Å². The molecule has 1 spiro atoms. The van der Waals surface area contributed by atoms with Crippen LogP contribution in [-0.4, -0.2) is 24.7 Å². The molecule has 0 amide bonds. The highest BCUT2D eigenvalue weighted by atomic mass is 19.4. The van der Waals surface area contributed by atoms with Gasteiger partial charge in [-0.2, -0.15) is 52.7 Å². The van der Waals surface area contributed by atoms with E-state index in [2.05, 4.69) is 173 Å². The zero-order valence-electron chi connectivity index (χ0n) is 56.1. The highest BCUT2D eigenvalue weighted by molar-refractivity contribution is 5.02. The van der Waals surface area contributed by atoms with Crippen LogP contribution in [0.2, 0.25) is 0 Å². The van der Waals surface area contributed by atoms with E-state index in [9.17, 15) is 52.7 Å². The third-order valence-electron chi connectivity index (χ3n) is 18.9. The number of rotatable bonds is 3. The zero-order chi connectivity index (χ0) is 63.5.